The van der Waals surface area contributed by atoms with Crippen molar-refractivity contribution >= 4 is 6.03 Å². The maximum absolute atomic E-state index is 11.0. The third-order valence-electron chi connectivity index (χ3n) is 1.72. The number of imidazole rings is 1. The van der Waals surface area contributed by atoms with Crippen LogP contribution in [0, 0.1) is 6.92 Å². The Morgan fingerprint density at radius 3 is 3.30 bits per heavy atom. The SMILES string of the molecule is Cc1ncc2n1C(=O)[NH2+]C2. The number of fused-ring (bicyclic) bond motifs is 1. The van der Waals surface area contributed by atoms with Crippen LogP contribution in [0.2, 0.25) is 0 Å². The summed E-state index contributed by atoms with van der Waals surface area (Å²) in [7, 11) is 0. The third-order valence-corrected chi connectivity index (χ3v) is 1.72. The average Bonchev–Trinajstić information content (AvgIpc) is 2.40. The molecule has 1 aliphatic rings. The van der Waals surface area contributed by atoms with Gasteiger partial charge in [-0.1, -0.05) is 0 Å². The summed E-state index contributed by atoms with van der Waals surface area (Å²) < 4.78 is 1.64. The second-order valence-corrected chi connectivity index (χ2v) is 2.38. The van der Waals surface area contributed by atoms with Crippen molar-refractivity contribution in [2.75, 3.05) is 0 Å². The molecule has 2 heterocycles. The number of primary amides is 1. The second kappa shape index (κ2) is 1.67. The molecule has 0 fully saturated rings. The number of aromatic nitrogens is 2. The molecule has 0 saturated heterocycles. The minimum absolute atomic E-state index is 0.0602. The van der Waals surface area contributed by atoms with Gasteiger partial charge in [0.05, 0.1) is 6.20 Å². The molecule has 4 nitrogen and oxygen atoms in total. The zero-order chi connectivity index (χ0) is 7.14. The molecular formula is C6H8N3O+. The highest BCUT2D eigenvalue weighted by Crippen LogP contribution is 2.04. The normalized spacial score (nSPS) is 15.9. The lowest BCUT2D eigenvalue weighted by Crippen LogP contribution is -2.84. The summed E-state index contributed by atoms with van der Waals surface area (Å²) in [4.78, 5) is 15.0. The molecule has 1 amide bonds. The molecule has 0 spiro atoms. The van der Waals surface area contributed by atoms with Crippen LogP contribution in [-0.2, 0) is 6.54 Å². The smallest absolute Gasteiger partial charge is 0.257 e. The molecule has 1 aromatic heterocycles. The molecule has 0 bridgehead atoms. The van der Waals surface area contributed by atoms with Gasteiger partial charge >= 0.3 is 6.03 Å². The fourth-order valence-corrected chi connectivity index (χ4v) is 1.22. The van der Waals surface area contributed by atoms with Crippen molar-refractivity contribution in [1.29, 1.82) is 0 Å². The van der Waals surface area contributed by atoms with Crippen LogP contribution in [0.5, 0.6) is 0 Å². The number of amides is 1. The number of aryl methyl sites for hydroxylation is 1. The molecule has 0 aromatic carbocycles. The summed E-state index contributed by atoms with van der Waals surface area (Å²) in [6, 6.07) is 0.0602. The van der Waals surface area contributed by atoms with Gasteiger partial charge in [-0.2, -0.15) is 0 Å². The van der Waals surface area contributed by atoms with Gasteiger partial charge in [0.25, 0.3) is 0 Å². The standard InChI is InChI=1S/C6H7N3O/c1-4-7-2-5-3-8-6(10)9(4)5/h2H,3H2,1H3,(H,8,10)/p+1. The van der Waals surface area contributed by atoms with Crippen molar-refractivity contribution in [1.82, 2.24) is 9.55 Å². The zero-order valence-corrected chi connectivity index (χ0v) is 5.66. The Morgan fingerprint density at radius 1 is 1.80 bits per heavy atom. The molecule has 0 aliphatic carbocycles. The molecule has 10 heavy (non-hydrogen) atoms. The molecule has 0 atom stereocenters. The summed E-state index contributed by atoms with van der Waals surface area (Å²) in [6.45, 7) is 2.57. The van der Waals surface area contributed by atoms with Crippen LogP contribution in [0.4, 0.5) is 4.79 Å². The summed E-state index contributed by atoms with van der Waals surface area (Å²) in [5.74, 6) is 0.786. The van der Waals surface area contributed by atoms with E-state index in [9.17, 15) is 4.79 Å². The van der Waals surface area contributed by atoms with Gasteiger partial charge in [0.2, 0.25) is 0 Å². The van der Waals surface area contributed by atoms with Crippen molar-refractivity contribution in [3.05, 3.63) is 17.7 Å². The van der Waals surface area contributed by atoms with E-state index in [2.05, 4.69) is 4.98 Å². The quantitative estimate of drug-likeness (QED) is 0.512. The Bertz CT molecular complexity index is 289. The molecule has 1 aliphatic heterocycles. The van der Waals surface area contributed by atoms with Gasteiger partial charge in [-0.25, -0.2) is 14.3 Å². The highest BCUT2D eigenvalue weighted by atomic mass is 16.2. The number of quaternary nitrogens is 1. The number of hydrogen-bond acceptors (Lipinski definition) is 2. The topological polar surface area (TPSA) is 51.5 Å². The molecule has 0 radical (unpaired) electrons. The van der Waals surface area contributed by atoms with Gasteiger partial charge in [0.1, 0.15) is 18.1 Å². The van der Waals surface area contributed by atoms with E-state index in [0.717, 1.165) is 18.1 Å². The molecule has 52 valence electrons. The molecule has 2 N–H and O–H groups in total. The maximum atomic E-state index is 11.0. The van der Waals surface area contributed by atoms with Crippen LogP contribution in [0.15, 0.2) is 6.20 Å². The Morgan fingerprint density at radius 2 is 2.60 bits per heavy atom. The Balaban J connectivity index is 2.65. The minimum Gasteiger partial charge on any atom is -0.257 e. The molecule has 0 unspecified atom stereocenters. The number of carbonyl (C=O) groups excluding carboxylic acids is 1. The van der Waals surface area contributed by atoms with Crippen LogP contribution in [0.3, 0.4) is 0 Å². The van der Waals surface area contributed by atoms with E-state index in [1.807, 2.05) is 6.92 Å². The Hall–Kier alpha value is -1.16. The number of nitrogens with two attached hydrogens (primary N) is 1. The van der Waals surface area contributed by atoms with E-state index in [1.165, 1.54) is 0 Å². The largest absolute Gasteiger partial charge is 0.426 e. The fourth-order valence-electron chi connectivity index (χ4n) is 1.22. The third kappa shape index (κ3) is 0.537. The zero-order valence-electron chi connectivity index (χ0n) is 5.66. The first kappa shape index (κ1) is 5.61. The highest BCUT2D eigenvalue weighted by Gasteiger charge is 2.24. The molecule has 4 heteroatoms. The van der Waals surface area contributed by atoms with Crippen molar-refractivity contribution in [3.8, 4) is 0 Å². The first-order chi connectivity index (χ1) is 4.79. The van der Waals surface area contributed by atoms with E-state index in [-0.39, 0.29) is 6.03 Å². The lowest BCUT2D eigenvalue weighted by Gasteiger charge is -1.89. The Kier molecular flexibility index (Phi) is 0.935. The van der Waals surface area contributed by atoms with Gasteiger partial charge < -0.3 is 0 Å². The summed E-state index contributed by atoms with van der Waals surface area (Å²) in [5, 5.41) is 1.67. The number of rotatable bonds is 0. The number of hydrogen-bond donors (Lipinski definition) is 1. The maximum Gasteiger partial charge on any atom is 0.426 e. The van der Waals surface area contributed by atoms with Gasteiger partial charge in [-0.05, 0) is 6.92 Å². The first-order valence-electron chi connectivity index (χ1n) is 3.20. The van der Waals surface area contributed by atoms with Gasteiger partial charge in [-0.15, -0.1) is 0 Å². The second-order valence-electron chi connectivity index (χ2n) is 2.38. The fraction of sp³-hybridized carbons (Fsp3) is 0.333. The van der Waals surface area contributed by atoms with Gasteiger partial charge in [-0.3, -0.25) is 5.32 Å². The molecular weight excluding hydrogens is 130 g/mol. The Labute approximate surface area is 57.9 Å². The summed E-state index contributed by atoms with van der Waals surface area (Å²) in [5.41, 5.74) is 1.00. The average molecular weight is 138 g/mol. The molecule has 1 aromatic rings. The van der Waals surface area contributed by atoms with Crippen molar-refractivity contribution < 1.29 is 10.1 Å². The van der Waals surface area contributed by atoms with Gasteiger partial charge in [0, 0.05) is 0 Å². The highest BCUT2D eigenvalue weighted by molar-refractivity contribution is 5.70. The monoisotopic (exact) mass is 138 g/mol. The summed E-state index contributed by atoms with van der Waals surface area (Å²) in [6.07, 6.45) is 1.75. The number of carbonyl (C=O) groups is 1. The van der Waals surface area contributed by atoms with Crippen molar-refractivity contribution in [2.24, 2.45) is 0 Å². The van der Waals surface area contributed by atoms with E-state index >= 15 is 0 Å². The summed E-state index contributed by atoms with van der Waals surface area (Å²) >= 11 is 0. The number of nitrogens with zero attached hydrogens (tertiary/aromatic N) is 2. The minimum atomic E-state index is 0.0602. The van der Waals surface area contributed by atoms with Crippen LogP contribution in [-0.4, -0.2) is 15.6 Å². The lowest BCUT2D eigenvalue weighted by molar-refractivity contribution is -0.563. The predicted octanol–water partition coefficient (Wildman–Crippen LogP) is -0.763. The predicted molar refractivity (Wildman–Crippen MR) is 33.4 cm³/mol. The molecule has 2 rings (SSSR count). The van der Waals surface area contributed by atoms with Crippen molar-refractivity contribution in [3.63, 3.8) is 0 Å². The van der Waals surface area contributed by atoms with Crippen LogP contribution >= 0.6 is 0 Å². The van der Waals surface area contributed by atoms with Crippen LogP contribution in [0.1, 0.15) is 11.5 Å². The lowest BCUT2D eigenvalue weighted by atomic mass is 10.5. The van der Waals surface area contributed by atoms with E-state index in [4.69, 9.17) is 0 Å². The first-order valence-corrected chi connectivity index (χ1v) is 3.20. The van der Waals surface area contributed by atoms with Crippen LogP contribution < -0.4 is 5.32 Å². The van der Waals surface area contributed by atoms with E-state index in [0.29, 0.717) is 0 Å². The van der Waals surface area contributed by atoms with E-state index < -0.39 is 0 Å². The van der Waals surface area contributed by atoms with Gasteiger partial charge in [0.15, 0.2) is 0 Å². The van der Waals surface area contributed by atoms with E-state index in [1.54, 1.807) is 16.1 Å². The van der Waals surface area contributed by atoms with Crippen LogP contribution in [0.25, 0.3) is 0 Å². The molecule has 0 saturated carbocycles. The van der Waals surface area contributed by atoms with Crippen molar-refractivity contribution in [2.45, 2.75) is 13.5 Å².